The van der Waals surface area contributed by atoms with Gasteiger partial charge in [-0.25, -0.2) is 9.78 Å². The molecule has 23 heavy (non-hydrogen) atoms. The van der Waals surface area contributed by atoms with E-state index in [-0.39, 0.29) is 0 Å². The first kappa shape index (κ1) is 15.7. The Kier molecular flexibility index (Phi) is 4.73. The maximum absolute atomic E-state index is 11.9. The molecule has 0 amide bonds. The Morgan fingerprint density at radius 3 is 2.78 bits per heavy atom. The van der Waals surface area contributed by atoms with Gasteiger partial charge in [0.2, 0.25) is 0 Å². The molecule has 0 saturated heterocycles. The van der Waals surface area contributed by atoms with E-state index >= 15 is 0 Å². The van der Waals surface area contributed by atoms with Crippen LogP contribution >= 0.6 is 23.4 Å². The summed E-state index contributed by atoms with van der Waals surface area (Å²) in [6.07, 6.45) is 4.04. The fourth-order valence-corrected chi connectivity index (χ4v) is 3.34. The molecular weight excluding hydrogens is 338 g/mol. The number of hydrogen-bond donors (Lipinski definition) is 0. The molecule has 0 unspecified atom stereocenters. The lowest BCUT2D eigenvalue weighted by atomic mass is 10.2. The normalized spacial score (nSPS) is 13.5. The van der Waals surface area contributed by atoms with Gasteiger partial charge in [0.1, 0.15) is 17.6 Å². The molecule has 1 aliphatic rings. The molecule has 1 aromatic carbocycles. The molecule has 1 aliphatic heterocycles. The molecule has 0 N–H and O–H groups in total. The third kappa shape index (κ3) is 3.28. The van der Waals surface area contributed by atoms with Crippen LogP contribution in [0.25, 0.3) is 0 Å². The van der Waals surface area contributed by atoms with Gasteiger partial charge in [-0.2, -0.15) is 0 Å². The molecule has 2 heterocycles. The standard InChI is InChI=1S/C16H12ClNO4S/c1-20-15(19)10-4-2-6-12(17)13(10)23-14-11(5-3-7-18-14)16-21-8-9-22-16/h2-9,16H,1H3. The molecule has 0 bridgehead atoms. The Morgan fingerprint density at radius 2 is 2.04 bits per heavy atom. The van der Waals surface area contributed by atoms with E-state index < -0.39 is 12.3 Å². The van der Waals surface area contributed by atoms with E-state index in [1.165, 1.54) is 31.4 Å². The summed E-state index contributed by atoms with van der Waals surface area (Å²) in [6, 6.07) is 8.71. The number of carbonyl (C=O) groups is 1. The molecule has 0 fully saturated rings. The second-order valence-corrected chi connectivity index (χ2v) is 5.89. The predicted octanol–water partition coefficient (Wildman–Crippen LogP) is 4.19. The highest BCUT2D eigenvalue weighted by atomic mass is 35.5. The Hall–Kier alpha value is -2.18. The number of aromatic nitrogens is 1. The lowest BCUT2D eigenvalue weighted by Crippen LogP contribution is -2.05. The number of methoxy groups -OCH3 is 1. The number of pyridine rings is 1. The van der Waals surface area contributed by atoms with Crippen LogP contribution < -0.4 is 0 Å². The summed E-state index contributed by atoms with van der Waals surface area (Å²) in [5.74, 6) is -0.456. The lowest BCUT2D eigenvalue weighted by molar-refractivity contribution is -0.0270. The summed E-state index contributed by atoms with van der Waals surface area (Å²) in [5, 5.41) is 1.08. The zero-order valence-electron chi connectivity index (χ0n) is 12.1. The first-order valence-electron chi connectivity index (χ1n) is 6.66. The van der Waals surface area contributed by atoms with Gasteiger partial charge < -0.3 is 14.2 Å². The van der Waals surface area contributed by atoms with Crippen molar-refractivity contribution in [3.05, 3.63) is 65.2 Å². The summed E-state index contributed by atoms with van der Waals surface area (Å²) in [6.45, 7) is 0. The van der Waals surface area contributed by atoms with Crippen molar-refractivity contribution in [2.75, 3.05) is 7.11 Å². The van der Waals surface area contributed by atoms with Crippen LogP contribution in [0.15, 0.2) is 59.0 Å². The molecule has 5 nitrogen and oxygen atoms in total. The van der Waals surface area contributed by atoms with Gasteiger partial charge in [-0.3, -0.25) is 0 Å². The molecule has 3 rings (SSSR count). The van der Waals surface area contributed by atoms with Crippen molar-refractivity contribution in [3.63, 3.8) is 0 Å². The zero-order chi connectivity index (χ0) is 16.2. The van der Waals surface area contributed by atoms with Crippen molar-refractivity contribution in [2.45, 2.75) is 16.2 Å². The number of nitrogens with zero attached hydrogens (tertiary/aromatic N) is 1. The molecule has 7 heteroatoms. The van der Waals surface area contributed by atoms with Gasteiger partial charge in [-0.05, 0) is 24.3 Å². The molecule has 0 aliphatic carbocycles. The van der Waals surface area contributed by atoms with Gasteiger partial charge in [0.15, 0.2) is 0 Å². The maximum Gasteiger partial charge on any atom is 0.339 e. The van der Waals surface area contributed by atoms with Gasteiger partial charge in [0.25, 0.3) is 6.29 Å². The van der Waals surface area contributed by atoms with E-state index in [1.54, 1.807) is 30.5 Å². The number of rotatable bonds is 4. The van der Waals surface area contributed by atoms with E-state index in [4.69, 9.17) is 25.8 Å². The minimum Gasteiger partial charge on any atom is -0.465 e. The molecule has 0 saturated carbocycles. The Balaban J connectivity index is 1.98. The fraction of sp³-hybridized carbons (Fsp3) is 0.125. The average Bonchev–Trinajstić information content (AvgIpc) is 3.11. The van der Waals surface area contributed by atoms with Crippen LogP contribution in [-0.4, -0.2) is 18.1 Å². The number of carbonyl (C=O) groups excluding carboxylic acids is 1. The Morgan fingerprint density at radius 1 is 1.26 bits per heavy atom. The number of hydrogen-bond acceptors (Lipinski definition) is 6. The average molecular weight is 350 g/mol. The predicted molar refractivity (Wildman–Crippen MR) is 85.2 cm³/mol. The van der Waals surface area contributed by atoms with Crippen molar-refractivity contribution in [1.82, 2.24) is 4.98 Å². The maximum atomic E-state index is 11.9. The lowest BCUT2D eigenvalue weighted by Gasteiger charge is -2.15. The van der Waals surface area contributed by atoms with E-state index in [0.29, 0.717) is 20.5 Å². The van der Waals surface area contributed by atoms with Crippen LogP contribution in [0.1, 0.15) is 22.2 Å². The molecule has 0 spiro atoms. The van der Waals surface area contributed by atoms with E-state index in [0.717, 1.165) is 5.56 Å². The van der Waals surface area contributed by atoms with Crippen molar-refractivity contribution in [3.8, 4) is 0 Å². The van der Waals surface area contributed by atoms with Crippen LogP contribution in [-0.2, 0) is 14.2 Å². The first-order valence-corrected chi connectivity index (χ1v) is 7.85. The second-order valence-electron chi connectivity index (χ2n) is 4.48. The SMILES string of the molecule is COC(=O)c1cccc(Cl)c1Sc1ncccc1C1OC=CO1. The summed E-state index contributed by atoms with van der Waals surface area (Å²) in [5.41, 5.74) is 1.13. The van der Waals surface area contributed by atoms with Gasteiger partial charge in [0, 0.05) is 11.1 Å². The molecule has 1 aromatic heterocycles. The number of esters is 1. The molecule has 0 radical (unpaired) electrons. The van der Waals surface area contributed by atoms with Crippen molar-refractivity contribution >= 4 is 29.3 Å². The largest absolute Gasteiger partial charge is 0.465 e. The minimum absolute atomic E-state index is 0.382. The van der Waals surface area contributed by atoms with Gasteiger partial charge in [0.05, 0.1) is 23.3 Å². The van der Waals surface area contributed by atoms with Crippen LogP contribution in [0.3, 0.4) is 0 Å². The zero-order valence-corrected chi connectivity index (χ0v) is 13.6. The number of ether oxygens (including phenoxy) is 3. The summed E-state index contributed by atoms with van der Waals surface area (Å²) >= 11 is 7.53. The number of halogens is 1. The molecule has 118 valence electrons. The van der Waals surface area contributed by atoms with Gasteiger partial charge in [-0.15, -0.1) is 0 Å². The van der Waals surface area contributed by atoms with Crippen molar-refractivity contribution in [1.29, 1.82) is 0 Å². The van der Waals surface area contributed by atoms with Crippen LogP contribution in [0.5, 0.6) is 0 Å². The first-order chi connectivity index (χ1) is 11.2. The van der Waals surface area contributed by atoms with Crippen molar-refractivity contribution < 1.29 is 19.0 Å². The fourth-order valence-electron chi connectivity index (χ4n) is 2.03. The highest BCUT2D eigenvalue weighted by molar-refractivity contribution is 7.99. The topological polar surface area (TPSA) is 57.7 Å². The smallest absolute Gasteiger partial charge is 0.339 e. The van der Waals surface area contributed by atoms with E-state index in [1.807, 2.05) is 6.07 Å². The van der Waals surface area contributed by atoms with Crippen molar-refractivity contribution in [2.24, 2.45) is 0 Å². The summed E-state index contributed by atoms with van der Waals surface area (Å²) in [4.78, 5) is 16.9. The van der Waals surface area contributed by atoms with E-state index in [2.05, 4.69) is 4.98 Å². The molecule has 0 atom stereocenters. The summed E-state index contributed by atoms with van der Waals surface area (Å²) in [7, 11) is 1.33. The second kappa shape index (κ2) is 6.93. The van der Waals surface area contributed by atoms with Crippen LogP contribution in [0.2, 0.25) is 5.02 Å². The highest BCUT2D eigenvalue weighted by Gasteiger charge is 2.23. The minimum atomic E-state index is -0.560. The molecule has 2 aromatic rings. The number of benzene rings is 1. The monoisotopic (exact) mass is 349 g/mol. The van der Waals surface area contributed by atoms with Crippen LogP contribution in [0, 0.1) is 0 Å². The quantitative estimate of drug-likeness (QED) is 0.771. The molecular formula is C16H12ClNO4S. The highest BCUT2D eigenvalue weighted by Crippen LogP contribution is 2.39. The third-order valence-electron chi connectivity index (χ3n) is 3.09. The van der Waals surface area contributed by atoms with Crippen LogP contribution in [0.4, 0.5) is 0 Å². The van der Waals surface area contributed by atoms with Gasteiger partial charge in [-0.1, -0.05) is 29.4 Å². The Labute approximate surface area is 142 Å². The Bertz CT molecular complexity index is 757. The van der Waals surface area contributed by atoms with E-state index in [9.17, 15) is 4.79 Å². The third-order valence-corrected chi connectivity index (χ3v) is 4.69. The summed E-state index contributed by atoms with van der Waals surface area (Å²) < 4.78 is 15.5. The van der Waals surface area contributed by atoms with Gasteiger partial charge >= 0.3 is 5.97 Å².